The Hall–Kier alpha value is -1.58. The lowest BCUT2D eigenvalue weighted by Gasteiger charge is -2.29. The number of carbonyl (C=O) groups is 1. The standard InChI is InChI=1S/C15H22FNO2/c1-4-5-6-9-17(11(2)3)12-7-8-13(15(18)19)14(16)10-12/h7-8,10-11H,4-6,9H2,1-3H3,(H,18,19). The summed E-state index contributed by atoms with van der Waals surface area (Å²) in [5, 5.41) is 8.82. The highest BCUT2D eigenvalue weighted by Gasteiger charge is 2.15. The molecule has 0 aromatic heterocycles. The molecule has 0 heterocycles. The van der Waals surface area contributed by atoms with Crippen molar-refractivity contribution in [2.75, 3.05) is 11.4 Å². The van der Waals surface area contributed by atoms with Crippen molar-refractivity contribution in [2.45, 2.75) is 46.1 Å². The molecule has 0 unspecified atom stereocenters. The summed E-state index contributed by atoms with van der Waals surface area (Å²) in [5.74, 6) is -1.91. The molecule has 0 fully saturated rings. The summed E-state index contributed by atoms with van der Waals surface area (Å²) >= 11 is 0. The first-order valence-corrected chi connectivity index (χ1v) is 6.76. The Labute approximate surface area is 114 Å². The van der Waals surface area contributed by atoms with Gasteiger partial charge in [-0.25, -0.2) is 9.18 Å². The molecule has 0 spiro atoms. The molecule has 0 saturated heterocycles. The second-order valence-corrected chi connectivity index (χ2v) is 4.96. The van der Waals surface area contributed by atoms with E-state index < -0.39 is 11.8 Å². The number of nitrogens with zero attached hydrogens (tertiary/aromatic N) is 1. The predicted octanol–water partition coefficient (Wildman–Crippen LogP) is 3.93. The molecular formula is C15H22FNO2. The monoisotopic (exact) mass is 267 g/mol. The summed E-state index contributed by atoms with van der Waals surface area (Å²) in [6.45, 7) is 7.10. The number of carboxylic acids is 1. The first-order valence-electron chi connectivity index (χ1n) is 6.76. The van der Waals surface area contributed by atoms with Crippen LogP contribution < -0.4 is 4.90 Å². The highest BCUT2D eigenvalue weighted by molar-refractivity contribution is 5.88. The number of hydrogen-bond acceptors (Lipinski definition) is 2. The second-order valence-electron chi connectivity index (χ2n) is 4.96. The number of carboxylic acid groups (broad SMARTS) is 1. The predicted molar refractivity (Wildman–Crippen MR) is 75.4 cm³/mol. The highest BCUT2D eigenvalue weighted by atomic mass is 19.1. The van der Waals surface area contributed by atoms with Gasteiger partial charge in [-0.15, -0.1) is 0 Å². The van der Waals surface area contributed by atoms with E-state index in [0.29, 0.717) is 0 Å². The second kappa shape index (κ2) is 7.12. The van der Waals surface area contributed by atoms with Crippen LogP contribution in [0.1, 0.15) is 50.4 Å². The zero-order valence-corrected chi connectivity index (χ0v) is 11.8. The fraction of sp³-hybridized carbons (Fsp3) is 0.533. The Morgan fingerprint density at radius 1 is 1.37 bits per heavy atom. The summed E-state index contributed by atoms with van der Waals surface area (Å²) in [6, 6.07) is 4.59. The molecule has 1 aromatic rings. The largest absolute Gasteiger partial charge is 0.478 e. The van der Waals surface area contributed by atoms with Gasteiger partial charge in [-0.3, -0.25) is 0 Å². The molecule has 0 radical (unpaired) electrons. The van der Waals surface area contributed by atoms with E-state index in [1.54, 1.807) is 6.07 Å². The minimum absolute atomic E-state index is 0.256. The molecule has 0 aliphatic heterocycles. The van der Waals surface area contributed by atoms with Crippen molar-refractivity contribution in [3.63, 3.8) is 0 Å². The molecule has 0 amide bonds. The number of unbranched alkanes of at least 4 members (excludes halogenated alkanes) is 2. The maximum atomic E-state index is 13.7. The van der Waals surface area contributed by atoms with Gasteiger partial charge in [0.1, 0.15) is 5.82 Å². The SMILES string of the molecule is CCCCCN(c1ccc(C(=O)O)c(F)c1)C(C)C. The van der Waals surface area contributed by atoms with Crippen molar-refractivity contribution >= 4 is 11.7 Å². The van der Waals surface area contributed by atoms with Gasteiger partial charge in [-0.1, -0.05) is 19.8 Å². The molecule has 0 saturated carbocycles. The number of rotatable bonds is 7. The minimum atomic E-state index is -1.23. The van der Waals surface area contributed by atoms with E-state index >= 15 is 0 Å². The summed E-state index contributed by atoms with van der Waals surface area (Å²) in [7, 11) is 0. The molecule has 0 aliphatic rings. The van der Waals surface area contributed by atoms with Crippen molar-refractivity contribution in [3.05, 3.63) is 29.6 Å². The lowest BCUT2D eigenvalue weighted by molar-refractivity contribution is 0.0692. The van der Waals surface area contributed by atoms with Gasteiger partial charge in [0, 0.05) is 18.3 Å². The van der Waals surface area contributed by atoms with Crippen LogP contribution in [0.2, 0.25) is 0 Å². The first-order chi connectivity index (χ1) is 8.97. The van der Waals surface area contributed by atoms with Crippen molar-refractivity contribution in [1.82, 2.24) is 0 Å². The van der Waals surface area contributed by atoms with E-state index in [0.717, 1.165) is 31.5 Å². The van der Waals surface area contributed by atoms with Crippen LogP contribution in [0.5, 0.6) is 0 Å². The summed E-state index contributed by atoms with van der Waals surface area (Å²) in [6.07, 6.45) is 3.33. The Morgan fingerprint density at radius 2 is 2.05 bits per heavy atom. The molecule has 1 aromatic carbocycles. The third-order valence-electron chi connectivity index (χ3n) is 3.14. The average Bonchev–Trinajstić information content (AvgIpc) is 2.33. The third-order valence-corrected chi connectivity index (χ3v) is 3.14. The van der Waals surface area contributed by atoms with Crippen molar-refractivity contribution in [3.8, 4) is 0 Å². The minimum Gasteiger partial charge on any atom is -0.478 e. The van der Waals surface area contributed by atoms with E-state index in [4.69, 9.17) is 5.11 Å². The van der Waals surface area contributed by atoms with Gasteiger partial charge in [0.05, 0.1) is 5.56 Å². The van der Waals surface area contributed by atoms with E-state index in [9.17, 15) is 9.18 Å². The molecule has 0 aliphatic carbocycles. The highest BCUT2D eigenvalue weighted by Crippen LogP contribution is 2.21. The van der Waals surface area contributed by atoms with Crippen molar-refractivity contribution in [1.29, 1.82) is 0 Å². The van der Waals surface area contributed by atoms with Gasteiger partial charge < -0.3 is 10.0 Å². The lowest BCUT2D eigenvalue weighted by atomic mass is 10.1. The van der Waals surface area contributed by atoms with Gasteiger partial charge in [-0.2, -0.15) is 0 Å². The Bertz CT molecular complexity index is 432. The van der Waals surface area contributed by atoms with E-state index in [2.05, 4.69) is 25.7 Å². The van der Waals surface area contributed by atoms with Crippen molar-refractivity contribution in [2.24, 2.45) is 0 Å². The van der Waals surface area contributed by atoms with Gasteiger partial charge >= 0.3 is 5.97 Å². The number of aromatic carboxylic acids is 1. The lowest BCUT2D eigenvalue weighted by Crippen LogP contribution is -2.31. The number of halogens is 1. The van der Waals surface area contributed by atoms with Crippen LogP contribution in [-0.4, -0.2) is 23.7 Å². The Balaban J connectivity index is 2.90. The number of hydrogen-bond donors (Lipinski definition) is 1. The van der Waals surface area contributed by atoms with E-state index in [-0.39, 0.29) is 11.6 Å². The number of benzene rings is 1. The van der Waals surface area contributed by atoms with Gasteiger partial charge in [0.25, 0.3) is 0 Å². The van der Waals surface area contributed by atoms with E-state index in [1.165, 1.54) is 12.1 Å². The molecule has 0 bridgehead atoms. The Morgan fingerprint density at radius 3 is 2.53 bits per heavy atom. The van der Waals surface area contributed by atoms with Crippen LogP contribution in [0, 0.1) is 5.82 Å². The van der Waals surface area contributed by atoms with Crippen LogP contribution in [-0.2, 0) is 0 Å². The van der Waals surface area contributed by atoms with Crippen LogP contribution in [0.25, 0.3) is 0 Å². The van der Waals surface area contributed by atoms with Crippen LogP contribution >= 0.6 is 0 Å². The van der Waals surface area contributed by atoms with Gasteiger partial charge in [0.15, 0.2) is 0 Å². The van der Waals surface area contributed by atoms with E-state index in [1.807, 2.05) is 0 Å². The quantitative estimate of drug-likeness (QED) is 0.761. The topological polar surface area (TPSA) is 40.5 Å². The third kappa shape index (κ3) is 4.23. The van der Waals surface area contributed by atoms with Gasteiger partial charge in [-0.05, 0) is 38.5 Å². The number of anilines is 1. The zero-order valence-electron chi connectivity index (χ0n) is 11.8. The van der Waals surface area contributed by atoms with Gasteiger partial charge in [0.2, 0.25) is 0 Å². The Kier molecular flexibility index (Phi) is 5.80. The summed E-state index contributed by atoms with van der Waals surface area (Å²) < 4.78 is 13.7. The molecule has 0 atom stereocenters. The molecule has 19 heavy (non-hydrogen) atoms. The normalized spacial score (nSPS) is 10.8. The molecule has 4 heteroatoms. The van der Waals surface area contributed by atoms with Crippen LogP contribution in [0.3, 0.4) is 0 Å². The van der Waals surface area contributed by atoms with Crippen LogP contribution in [0.4, 0.5) is 10.1 Å². The molecular weight excluding hydrogens is 245 g/mol. The molecule has 1 N–H and O–H groups in total. The fourth-order valence-electron chi connectivity index (χ4n) is 2.07. The maximum absolute atomic E-state index is 13.7. The smallest absolute Gasteiger partial charge is 0.338 e. The van der Waals surface area contributed by atoms with Crippen molar-refractivity contribution < 1.29 is 14.3 Å². The maximum Gasteiger partial charge on any atom is 0.338 e. The van der Waals surface area contributed by atoms with Crippen LogP contribution in [0.15, 0.2) is 18.2 Å². The average molecular weight is 267 g/mol. The molecule has 106 valence electrons. The molecule has 3 nitrogen and oxygen atoms in total. The summed E-state index contributed by atoms with van der Waals surface area (Å²) in [4.78, 5) is 12.9. The summed E-state index contributed by atoms with van der Waals surface area (Å²) in [5.41, 5.74) is 0.467. The molecule has 1 rings (SSSR count). The first kappa shape index (κ1) is 15.5. The zero-order chi connectivity index (χ0) is 14.4. The fourth-order valence-corrected chi connectivity index (χ4v) is 2.07.